The van der Waals surface area contributed by atoms with Crippen LogP contribution in [0.3, 0.4) is 0 Å². The lowest BCUT2D eigenvalue weighted by Crippen LogP contribution is -2.01. The van der Waals surface area contributed by atoms with Crippen molar-refractivity contribution in [2.24, 2.45) is 0 Å². The second kappa shape index (κ2) is 6.06. The first-order chi connectivity index (χ1) is 9.81. The van der Waals surface area contributed by atoms with Crippen molar-refractivity contribution in [2.75, 3.05) is 0 Å². The summed E-state index contributed by atoms with van der Waals surface area (Å²) in [6.07, 6.45) is 7.44. The van der Waals surface area contributed by atoms with Crippen LogP contribution in [0.1, 0.15) is 36.5 Å². The molecule has 1 heterocycles. The van der Waals surface area contributed by atoms with Crippen molar-refractivity contribution in [3.05, 3.63) is 59.9 Å². The first kappa shape index (κ1) is 13.1. The van der Waals surface area contributed by atoms with E-state index in [0.717, 1.165) is 36.1 Å². The van der Waals surface area contributed by atoms with Gasteiger partial charge in [0, 0.05) is 12.4 Å². The third-order valence-corrected chi connectivity index (χ3v) is 3.52. The molecule has 3 nitrogen and oxygen atoms in total. The van der Waals surface area contributed by atoms with Gasteiger partial charge in [0.15, 0.2) is 0 Å². The van der Waals surface area contributed by atoms with Gasteiger partial charge in [-0.05, 0) is 55.0 Å². The number of hydrogen-bond acceptors (Lipinski definition) is 3. The van der Waals surface area contributed by atoms with Gasteiger partial charge in [0.05, 0.1) is 12.2 Å². The number of benzene rings is 1. The molecule has 1 saturated carbocycles. The molecule has 0 bridgehead atoms. The molecule has 1 aliphatic carbocycles. The van der Waals surface area contributed by atoms with Crippen molar-refractivity contribution in [3.63, 3.8) is 0 Å². The van der Waals surface area contributed by atoms with Crippen LogP contribution >= 0.6 is 0 Å². The first-order valence-electron chi connectivity index (χ1n) is 7.15. The third-order valence-electron chi connectivity index (χ3n) is 3.52. The van der Waals surface area contributed by atoms with Crippen molar-refractivity contribution in [1.29, 1.82) is 0 Å². The fourth-order valence-electron chi connectivity index (χ4n) is 2.16. The molecule has 2 aromatic rings. The highest BCUT2D eigenvalue weighted by atomic mass is 16.5. The third kappa shape index (κ3) is 3.58. The molecule has 0 amide bonds. The number of hydrogen-bond donors (Lipinski definition) is 1. The van der Waals surface area contributed by atoms with E-state index in [2.05, 4.69) is 4.98 Å². The maximum Gasteiger partial charge on any atom is 0.119 e. The van der Waals surface area contributed by atoms with Crippen LogP contribution in [0.2, 0.25) is 0 Å². The smallest absolute Gasteiger partial charge is 0.119 e. The summed E-state index contributed by atoms with van der Waals surface area (Å²) in [5.41, 5.74) is 2.09. The molecular weight excluding hydrogens is 250 g/mol. The summed E-state index contributed by atoms with van der Waals surface area (Å²) in [5, 5.41) is 10.2. The molecular formula is C17H19NO2. The summed E-state index contributed by atoms with van der Waals surface area (Å²) in [6, 6.07) is 11.7. The normalized spacial score (nSPS) is 15.8. The number of aryl methyl sites for hydroxylation is 1. The monoisotopic (exact) mass is 269 g/mol. The van der Waals surface area contributed by atoms with Gasteiger partial charge in [0.1, 0.15) is 5.75 Å². The van der Waals surface area contributed by atoms with Crippen LogP contribution in [0.5, 0.6) is 5.75 Å². The van der Waals surface area contributed by atoms with Crippen molar-refractivity contribution < 1.29 is 9.84 Å². The van der Waals surface area contributed by atoms with Crippen LogP contribution in [0.4, 0.5) is 0 Å². The average Bonchev–Trinajstić information content (AvgIpc) is 3.31. The van der Waals surface area contributed by atoms with Crippen molar-refractivity contribution in [1.82, 2.24) is 4.98 Å². The van der Waals surface area contributed by atoms with Gasteiger partial charge in [-0.3, -0.25) is 4.98 Å². The van der Waals surface area contributed by atoms with Gasteiger partial charge in [0.2, 0.25) is 0 Å². The second-order valence-corrected chi connectivity index (χ2v) is 5.30. The van der Waals surface area contributed by atoms with E-state index in [9.17, 15) is 5.11 Å². The number of rotatable bonds is 6. The van der Waals surface area contributed by atoms with Gasteiger partial charge in [-0.1, -0.05) is 18.2 Å². The van der Waals surface area contributed by atoms with E-state index in [1.54, 1.807) is 6.20 Å². The number of pyridine rings is 1. The molecule has 104 valence electrons. The summed E-state index contributed by atoms with van der Waals surface area (Å²) in [4.78, 5) is 4.08. The van der Waals surface area contributed by atoms with E-state index in [1.165, 1.54) is 0 Å². The van der Waals surface area contributed by atoms with Gasteiger partial charge in [-0.2, -0.15) is 0 Å². The first-order valence-corrected chi connectivity index (χ1v) is 7.15. The topological polar surface area (TPSA) is 42.4 Å². The molecule has 1 unspecified atom stereocenters. The predicted octanol–water partition coefficient (Wildman–Crippen LogP) is 3.29. The molecule has 20 heavy (non-hydrogen) atoms. The standard InChI is InChI=1S/C17H19NO2/c19-17(10-3-13-2-1-11-18-12-13)14-4-6-15(7-5-14)20-16-8-9-16/h1-2,4-7,11-12,16-17,19H,3,8-10H2. The van der Waals surface area contributed by atoms with Crippen molar-refractivity contribution >= 4 is 0 Å². The Morgan fingerprint density at radius 3 is 2.65 bits per heavy atom. The minimum Gasteiger partial charge on any atom is -0.490 e. The Morgan fingerprint density at radius 2 is 2.00 bits per heavy atom. The summed E-state index contributed by atoms with van der Waals surface area (Å²) in [7, 11) is 0. The maximum absolute atomic E-state index is 10.2. The lowest BCUT2D eigenvalue weighted by atomic mass is 10.0. The number of aliphatic hydroxyl groups is 1. The highest BCUT2D eigenvalue weighted by Gasteiger charge is 2.23. The Hall–Kier alpha value is -1.87. The Labute approximate surface area is 119 Å². The van der Waals surface area contributed by atoms with E-state index in [4.69, 9.17) is 4.74 Å². The van der Waals surface area contributed by atoms with E-state index >= 15 is 0 Å². The molecule has 3 rings (SSSR count). The number of nitrogens with zero attached hydrogens (tertiary/aromatic N) is 1. The van der Waals surface area contributed by atoms with Gasteiger partial charge >= 0.3 is 0 Å². The van der Waals surface area contributed by atoms with E-state index < -0.39 is 6.10 Å². The van der Waals surface area contributed by atoms with Gasteiger partial charge in [-0.25, -0.2) is 0 Å². The Kier molecular flexibility index (Phi) is 3.97. The molecule has 1 fully saturated rings. The Morgan fingerprint density at radius 1 is 1.20 bits per heavy atom. The molecule has 1 aromatic carbocycles. The molecule has 1 atom stereocenters. The molecule has 0 saturated heterocycles. The van der Waals surface area contributed by atoms with Crippen molar-refractivity contribution in [2.45, 2.75) is 37.9 Å². The SMILES string of the molecule is OC(CCc1cccnc1)c1ccc(OC2CC2)cc1. The van der Waals surface area contributed by atoms with Crippen LogP contribution in [0.25, 0.3) is 0 Å². The van der Waals surface area contributed by atoms with Gasteiger partial charge in [-0.15, -0.1) is 0 Å². The van der Waals surface area contributed by atoms with Crippen LogP contribution in [-0.4, -0.2) is 16.2 Å². The number of aliphatic hydroxyl groups excluding tert-OH is 1. The zero-order chi connectivity index (χ0) is 13.8. The fraction of sp³-hybridized carbons (Fsp3) is 0.353. The van der Waals surface area contributed by atoms with E-state index in [-0.39, 0.29) is 0 Å². The summed E-state index contributed by atoms with van der Waals surface area (Å²) < 4.78 is 5.70. The minimum atomic E-state index is -0.440. The van der Waals surface area contributed by atoms with Gasteiger partial charge in [0.25, 0.3) is 0 Å². The predicted molar refractivity (Wildman–Crippen MR) is 77.6 cm³/mol. The van der Waals surface area contributed by atoms with Crippen LogP contribution in [-0.2, 0) is 6.42 Å². The molecule has 0 spiro atoms. The maximum atomic E-state index is 10.2. The van der Waals surface area contributed by atoms with Crippen LogP contribution in [0, 0.1) is 0 Å². The number of ether oxygens (including phenoxy) is 1. The van der Waals surface area contributed by atoms with Crippen molar-refractivity contribution in [3.8, 4) is 5.75 Å². The number of aromatic nitrogens is 1. The lowest BCUT2D eigenvalue weighted by molar-refractivity contribution is 0.167. The van der Waals surface area contributed by atoms with E-state index in [0.29, 0.717) is 12.5 Å². The van der Waals surface area contributed by atoms with Crippen LogP contribution < -0.4 is 4.74 Å². The highest BCUT2D eigenvalue weighted by molar-refractivity contribution is 5.29. The Balaban J connectivity index is 1.54. The van der Waals surface area contributed by atoms with Gasteiger partial charge < -0.3 is 9.84 Å². The molecule has 0 radical (unpaired) electrons. The Bertz CT molecular complexity index is 535. The molecule has 1 N–H and O–H groups in total. The second-order valence-electron chi connectivity index (χ2n) is 5.30. The molecule has 1 aromatic heterocycles. The van der Waals surface area contributed by atoms with Crippen LogP contribution in [0.15, 0.2) is 48.8 Å². The largest absolute Gasteiger partial charge is 0.490 e. The fourth-order valence-corrected chi connectivity index (χ4v) is 2.16. The van der Waals surface area contributed by atoms with E-state index in [1.807, 2.05) is 42.6 Å². The summed E-state index contributed by atoms with van der Waals surface area (Å²) in [6.45, 7) is 0. The lowest BCUT2D eigenvalue weighted by Gasteiger charge is -2.12. The minimum absolute atomic E-state index is 0.413. The molecule has 0 aliphatic heterocycles. The highest BCUT2D eigenvalue weighted by Crippen LogP contribution is 2.28. The quantitative estimate of drug-likeness (QED) is 0.875. The summed E-state index contributed by atoms with van der Waals surface area (Å²) in [5.74, 6) is 0.899. The molecule has 3 heteroatoms. The average molecular weight is 269 g/mol. The molecule has 1 aliphatic rings. The zero-order valence-corrected chi connectivity index (χ0v) is 11.4. The summed E-state index contributed by atoms with van der Waals surface area (Å²) >= 11 is 0. The zero-order valence-electron chi connectivity index (χ0n) is 11.4.